The molecule has 0 aliphatic carbocycles. The quantitative estimate of drug-likeness (QED) is 0.451. The van der Waals surface area contributed by atoms with E-state index in [1.54, 1.807) is 24.3 Å². The van der Waals surface area contributed by atoms with E-state index in [9.17, 15) is 9.18 Å². The molecule has 146 valence electrons. The van der Waals surface area contributed by atoms with Crippen molar-refractivity contribution in [2.24, 2.45) is 5.16 Å². The van der Waals surface area contributed by atoms with Crippen molar-refractivity contribution < 1.29 is 19.1 Å². The molecule has 0 fully saturated rings. The van der Waals surface area contributed by atoms with E-state index in [2.05, 4.69) is 5.16 Å². The number of oxime groups is 1. The van der Waals surface area contributed by atoms with Gasteiger partial charge in [-0.1, -0.05) is 47.6 Å². The average Bonchev–Trinajstić information content (AvgIpc) is 2.70. The van der Waals surface area contributed by atoms with Gasteiger partial charge < -0.3 is 9.94 Å². The summed E-state index contributed by atoms with van der Waals surface area (Å²) in [4.78, 5) is 18.6. The molecule has 3 rings (SSSR count). The molecule has 0 radical (unpaired) electrons. The first-order chi connectivity index (χ1) is 13.6. The monoisotopic (exact) mass is 382 g/mol. The van der Waals surface area contributed by atoms with E-state index < -0.39 is 5.97 Å². The third-order valence-corrected chi connectivity index (χ3v) is 4.69. The molecule has 0 unspecified atom stereocenters. The topological polar surface area (TPSA) is 62.1 Å². The van der Waals surface area contributed by atoms with E-state index in [1.807, 2.05) is 36.1 Å². The second-order valence-electron chi connectivity index (χ2n) is 6.67. The minimum Gasteiger partial charge on any atom is -0.478 e. The maximum atomic E-state index is 14.4. The Balaban J connectivity index is 1.72. The summed E-state index contributed by atoms with van der Waals surface area (Å²) in [5.74, 6) is -1.24. The molecule has 0 aromatic heterocycles. The number of aliphatic carboxylic acids is 1. The minimum absolute atomic E-state index is 0.288. The molecule has 0 amide bonds. The number of rotatable bonds is 7. The average molecular weight is 382 g/mol. The van der Waals surface area contributed by atoms with E-state index in [0.29, 0.717) is 36.4 Å². The lowest BCUT2D eigenvalue weighted by Gasteiger charge is -2.24. The number of halogens is 1. The first kappa shape index (κ1) is 19.8. The van der Waals surface area contributed by atoms with Gasteiger partial charge in [-0.25, -0.2) is 9.18 Å². The SMILES string of the molecule is Cc1ccccc1/C(=N/OCCN1CCC=C(C(=O)O)C1)c1ccccc1F. The van der Waals surface area contributed by atoms with Crippen LogP contribution in [-0.2, 0) is 9.63 Å². The molecule has 1 aliphatic rings. The molecule has 6 heteroatoms. The smallest absolute Gasteiger partial charge is 0.332 e. The number of carboxylic acids is 1. The molecule has 0 spiro atoms. The molecule has 28 heavy (non-hydrogen) atoms. The van der Waals surface area contributed by atoms with Crippen molar-refractivity contribution in [3.8, 4) is 0 Å². The van der Waals surface area contributed by atoms with Crippen LogP contribution in [-0.4, -0.2) is 47.9 Å². The number of carbonyl (C=O) groups is 1. The van der Waals surface area contributed by atoms with E-state index in [1.165, 1.54) is 6.07 Å². The molecule has 0 bridgehead atoms. The van der Waals surface area contributed by atoms with Gasteiger partial charge in [-0.3, -0.25) is 4.90 Å². The molecule has 1 aliphatic heterocycles. The molecule has 5 nitrogen and oxygen atoms in total. The van der Waals surface area contributed by atoms with Gasteiger partial charge in [-0.15, -0.1) is 0 Å². The van der Waals surface area contributed by atoms with Crippen molar-refractivity contribution in [1.82, 2.24) is 4.90 Å². The first-order valence-corrected chi connectivity index (χ1v) is 9.22. The van der Waals surface area contributed by atoms with Crippen LogP contribution < -0.4 is 0 Å². The standard InChI is InChI=1S/C22H23FN2O3/c1-16-7-2-3-9-18(16)21(19-10-4-5-11-20(19)23)24-28-14-13-25-12-6-8-17(15-25)22(26)27/h2-5,7-11H,6,12-15H2,1H3,(H,26,27)/b24-21-. The summed E-state index contributed by atoms with van der Waals surface area (Å²) in [5, 5.41) is 13.4. The molecular formula is C22H23FN2O3. The highest BCUT2D eigenvalue weighted by Crippen LogP contribution is 2.18. The molecule has 0 saturated carbocycles. The molecular weight excluding hydrogens is 359 g/mol. The fourth-order valence-electron chi connectivity index (χ4n) is 3.17. The summed E-state index contributed by atoms with van der Waals surface area (Å²) in [6.07, 6.45) is 2.46. The number of nitrogens with zero attached hydrogens (tertiary/aromatic N) is 2. The maximum absolute atomic E-state index is 14.4. The number of hydrogen-bond acceptors (Lipinski definition) is 4. The van der Waals surface area contributed by atoms with Crippen LogP contribution in [0.3, 0.4) is 0 Å². The van der Waals surface area contributed by atoms with Crippen LogP contribution in [0.4, 0.5) is 4.39 Å². The second-order valence-corrected chi connectivity index (χ2v) is 6.67. The van der Waals surface area contributed by atoms with Gasteiger partial charge in [0.2, 0.25) is 0 Å². The second kappa shape index (κ2) is 9.28. The van der Waals surface area contributed by atoms with Gasteiger partial charge in [0.05, 0.1) is 0 Å². The van der Waals surface area contributed by atoms with Gasteiger partial charge in [0.25, 0.3) is 0 Å². The van der Waals surface area contributed by atoms with Gasteiger partial charge in [-0.2, -0.15) is 0 Å². The number of carboxylic acid groups (broad SMARTS) is 1. The summed E-state index contributed by atoms with van der Waals surface area (Å²) in [7, 11) is 0. The molecule has 2 aromatic carbocycles. The Bertz CT molecular complexity index is 861. The third-order valence-electron chi connectivity index (χ3n) is 4.69. The number of benzene rings is 2. The minimum atomic E-state index is -0.884. The normalized spacial score (nSPS) is 15.2. The summed E-state index contributed by atoms with van der Waals surface area (Å²) in [5.41, 5.74) is 3.01. The van der Waals surface area contributed by atoms with Gasteiger partial charge in [0, 0.05) is 36.3 Å². The van der Waals surface area contributed by atoms with Crippen molar-refractivity contribution >= 4 is 11.7 Å². The lowest BCUT2D eigenvalue weighted by atomic mass is 9.98. The Morgan fingerprint density at radius 2 is 1.89 bits per heavy atom. The Kier molecular flexibility index (Phi) is 6.55. The van der Waals surface area contributed by atoms with Crippen molar-refractivity contribution in [3.63, 3.8) is 0 Å². The van der Waals surface area contributed by atoms with Crippen molar-refractivity contribution in [1.29, 1.82) is 0 Å². The van der Waals surface area contributed by atoms with Crippen molar-refractivity contribution in [2.75, 3.05) is 26.2 Å². The van der Waals surface area contributed by atoms with Gasteiger partial charge in [0.1, 0.15) is 18.1 Å². The first-order valence-electron chi connectivity index (χ1n) is 9.22. The van der Waals surface area contributed by atoms with E-state index in [-0.39, 0.29) is 12.4 Å². The lowest BCUT2D eigenvalue weighted by Crippen LogP contribution is -2.34. The van der Waals surface area contributed by atoms with Gasteiger partial charge >= 0.3 is 5.97 Å². The van der Waals surface area contributed by atoms with Crippen molar-refractivity contribution in [2.45, 2.75) is 13.3 Å². The molecule has 1 heterocycles. The van der Waals surface area contributed by atoms with Crippen LogP contribution in [0.2, 0.25) is 0 Å². The lowest BCUT2D eigenvalue weighted by molar-refractivity contribution is -0.133. The zero-order chi connectivity index (χ0) is 19.9. The van der Waals surface area contributed by atoms with Crippen LogP contribution >= 0.6 is 0 Å². The predicted molar refractivity (Wildman–Crippen MR) is 106 cm³/mol. The molecule has 0 atom stereocenters. The number of aryl methyl sites for hydroxylation is 1. The summed E-state index contributed by atoms with van der Waals surface area (Å²) in [6.45, 7) is 3.95. The Morgan fingerprint density at radius 3 is 2.61 bits per heavy atom. The highest BCUT2D eigenvalue weighted by atomic mass is 19.1. The van der Waals surface area contributed by atoms with Gasteiger partial charge in [0.15, 0.2) is 0 Å². The molecule has 2 aromatic rings. The van der Waals surface area contributed by atoms with Gasteiger partial charge in [-0.05, 0) is 31.0 Å². The molecule has 1 N–H and O–H groups in total. The molecule has 0 saturated heterocycles. The zero-order valence-corrected chi connectivity index (χ0v) is 15.8. The highest BCUT2D eigenvalue weighted by molar-refractivity contribution is 6.13. The summed E-state index contributed by atoms with van der Waals surface area (Å²) in [6, 6.07) is 14.1. The fraction of sp³-hybridized carbons (Fsp3) is 0.273. The highest BCUT2D eigenvalue weighted by Gasteiger charge is 2.18. The summed E-state index contributed by atoms with van der Waals surface area (Å²) >= 11 is 0. The third kappa shape index (κ3) is 4.84. The van der Waals surface area contributed by atoms with E-state index in [4.69, 9.17) is 9.94 Å². The van der Waals surface area contributed by atoms with Crippen LogP contribution in [0.1, 0.15) is 23.1 Å². The largest absolute Gasteiger partial charge is 0.478 e. The summed E-state index contributed by atoms with van der Waals surface area (Å²) < 4.78 is 14.4. The predicted octanol–water partition coefficient (Wildman–Crippen LogP) is 3.62. The van der Waals surface area contributed by atoms with E-state index >= 15 is 0 Å². The van der Waals surface area contributed by atoms with Crippen LogP contribution in [0.25, 0.3) is 0 Å². The van der Waals surface area contributed by atoms with Crippen LogP contribution in [0.15, 0.2) is 65.3 Å². The Hall–Kier alpha value is -2.99. The van der Waals surface area contributed by atoms with E-state index in [0.717, 1.165) is 17.7 Å². The Morgan fingerprint density at radius 1 is 1.18 bits per heavy atom. The Labute approximate surface area is 163 Å². The maximum Gasteiger partial charge on any atom is 0.332 e. The van der Waals surface area contributed by atoms with Crippen LogP contribution in [0, 0.1) is 12.7 Å². The zero-order valence-electron chi connectivity index (χ0n) is 15.8. The van der Waals surface area contributed by atoms with Crippen LogP contribution in [0.5, 0.6) is 0 Å². The number of hydrogen-bond donors (Lipinski definition) is 1. The fourth-order valence-corrected chi connectivity index (χ4v) is 3.17. The van der Waals surface area contributed by atoms with Crippen molar-refractivity contribution in [3.05, 3.63) is 82.7 Å².